The molecule has 0 aliphatic rings. The Balaban J connectivity index is 2.92. The first-order valence-electron chi connectivity index (χ1n) is 5.82. The van der Waals surface area contributed by atoms with Crippen LogP contribution in [0.4, 0.5) is 5.69 Å². The molecule has 1 rings (SSSR count). The lowest BCUT2D eigenvalue weighted by atomic mass is 10.1. The van der Waals surface area contributed by atoms with Crippen LogP contribution in [0.1, 0.15) is 13.3 Å². The average molecular weight is 377 g/mol. The van der Waals surface area contributed by atoms with Crippen molar-refractivity contribution in [3.05, 3.63) is 32.3 Å². The van der Waals surface area contributed by atoms with Crippen molar-refractivity contribution >= 4 is 48.6 Å². The standard InChI is InChI=1S/C11H12Cl3NO5S/c1-2-7(6-21(14,18)19)5-20-11-4-9(13)8(12)3-10(11)15(16)17/h3-4,7H,2,5-6H2,1H3. The molecular formula is C11H12Cl3NO5S. The molecule has 1 aromatic carbocycles. The summed E-state index contributed by atoms with van der Waals surface area (Å²) in [5.41, 5.74) is -0.340. The van der Waals surface area contributed by atoms with Crippen LogP contribution in [-0.2, 0) is 9.05 Å². The molecule has 0 amide bonds. The Morgan fingerprint density at radius 1 is 1.33 bits per heavy atom. The van der Waals surface area contributed by atoms with E-state index in [1.165, 1.54) is 6.07 Å². The molecule has 0 N–H and O–H groups in total. The average Bonchev–Trinajstić information content (AvgIpc) is 2.36. The molecular weight excluding hydrogens is 365 g/mol. The highest BCUT2D eigenvalue weighted by Gasteiger charge is 2.21. The third-order valence-electron chi connectivity index (χ3n) is 2.69. The topological polar surface area (TPSA) is 86.5 Å². The Morgan fingerprint density at radius 3 is 2.38 bits per heavy atom. The molecule has 0 aliphatic carbocycles. The van der Waals surface area contributed by atoms with Gasteiger partial charge >= 0.3 is 5.69 Å². The van der Waals surface area contributed by atoms with Gasteiger partial charge in [0.2, 0.25) is 9.05 Å². The molecule has 0 saturated carbocycles. The maximum Gasteiger partial charge on any atom is 0.312 e. The molecule has 0 radical (unpaired) electrons. The molecule has 1 atom stereocenters. The third-order valence-corrected chi connectivity index (χ3v) is 4.65. The van der Waals surface area contributed by atoms with Gasteiger partial charge in [-0.1, -0.05) is 30.1 Å². The van der Waals surface area contributed by atoms with Crippen molar-refractivity contribution in [2.75, 3.05) is 12.4 Å². The second-order valence-corrected chi connectivity index (χ2v) is 7.92. The van der Waals surface area contributed by atoms with Gasteiger partial charge in [0.15, 0.2) is 5.75 Å². The number of nitrogens with zero attached hydrogens (tertiary/aromatic N) is 1. The lowest BCUT2D eigenvalue weighted by Gasteiger charge is -2.14. The fraction of sp³-hybridized carbons (Fsp3) is 0.455. The minimum atomic E-state index is -3.67. The minimum absolute atomic E-state index is 0.0334. The number of nitro groups is 1. The van der Waals surface area contributed by atoms with Crippen molar-refractivity contribution in [3.8, 4) is 5.75 Å². The Morgan fingerprint density at radius 2 is 1.90 bits per heavy atom. The molecule has 0 heterocycles. The van der Waals surface area contributed by atoms with E-state index in [1.807, 2.05) is 0 Å². The first-order chi connectivity index (χ1) is 9.64. The Labute approximate surface area is 136 Å². The number of rotatable bonds is 7. The molecule has 0 fully saturated rings. The molecule has 0 spiro atoms. The smallest absolute Gasteiger partial charge is 0.312 e. The molecule has 21 heavy (non-hydrogen) atoms. The van der Waals surface area contributed by atoms with E-state index in [-0.39, 0.29) is 39.8 Å². The number of benzene rings is 1. The number of hydrogen-bond acceptors (Lipinski definition) is 5. The van der Waals surface area contributed by atoms with Crippen LogP contribution in [-0.4, -0.2) is 25.7 Å². The fourth-order valence-electron chi connectivity index (χ4n) is 1.55. The Hall–Kier alpha value is -0.760. The summed E-state index contributed by atoms with van der Waals surface area (Å²) >= 11 is 11.5. The zero-order valence-electron chi connectivity index (χ0n) is 10.9. The van der Waals surface area contributed by atoms with Gasteiger partial charge in [-0.3, -0.25) is 10.1 Å². The lowest BCUT2D eigenvalue weighted by Crippen LogP contribution is -2.19. The van der Waals surface area contributed by atoms with Crippen LogP contribution in [0.5, 0.6) is 5.75 Å². The molecule has 118 valence electrons. The van der Waals surface area contributed by atoms with Gasteiger partial charge in [0.25, 0.3) is 0 Å². The van der Waals surface area contributed by atoms with E-state index >= 15 is 0 Å². The van der Waals surface area contributed by atoms with Crippen LogP contribution >= 0.6 is 33.9 Å². The summed E-state index contributed by atoms with van der Waals surface area (Å²) in [6.07, 6.45) is 0.487. The Bertz CT molecular complexity index is 635. The van der Waals surface area contributed by atoms with Crippen molar-refractivity contribution in [2.24, 2.45) is 5.92 Å². The quantitative estimate of drug-likeness (QED) is 0.409. The van der Waals surface area contributed by atoms with E-state index in [0.29, 0.717) is 6.42 Å². The van der Waals surface area contributed by atoms with Crippen molar-refractivity contribution in [1.82, 2.24) is 0 Å². The van der Waals surface area contributed by atoms with Gasteiger partial charge in [0, 0.05) is 28.7 Å². The maximum atomic E-state index is 11.0. The summed E-state index contributed by atoms with van der Waals surface area (Å²) in [5.74, 6) is -0.735. The fourth-order valence-corrected chi connectivity index (χ4v) is 3.29. The first kappa shape index (κ1) is 18.3. The normalized spacial score (nSPS) is 13.0. The number of nitro benzene ring substituents is 1. The predicted octanol–water partition coefficient (Wildman–Crippen LogP) is 3.88. The second kappa shape index (κ2) is 7.49. The van der Waals surface area contributed by atoms with E-state index in [4.69, 9.17) is 38.6 Å². The molecule has 0 bridgehead atoms. The van der Waals surface area contributed by atoms with E-state index in [9.17, 15) is 18.5 Å². The van der Waals surface area contributed by atoms with Gasteiger partial charge in [-0.25, -0.2) is 8.42 Å². The molecule has 1 aromatic rings. The van der Waals surface area contributed by atoms with Crippen LogP contribution in [0.25, 0.3) is 0 Å². The minimum Gasteiger partial charge on any atom is -0.486 e. The van der Waals surface area contributed by atoms with Crippen LogP contribution in [0.2, 0.25) is 10.0 Å². The van der Waals surface area contributed by atoms with Gasteiger partial charge < -0.3 is 4.74 Å². The highest BCUT2D eigenvalue weighted by Crippen LogP contribution is 2.36. The summed E-state index contributed by atoms with van der Waals surface area (Å²) in [7, 11) is 1.52. The maximum absolute atomic E-state index is 11.0. The predicted molar refractivity (Wildman–Crippen MR) is 82.0 cm³/mol. The summed E-state index contributed by atoms with van der Waals surface area (Å²) in [6, 6.07) is 2.31. The van der Waals surface area contributed by atoms with Crippen molar-refractivity contribution in [2.45, 2.75) is 13.3 Å². The van der Waals surface area contributed by atoms with Crippen LogP contribution in [0.15, 0.2) is 12.1 Å². The molecule has 10 heteroatoms. The van der Waals surface area contributed by atoms with E-state index in [1.54, 1.807) is 6.92 Å². The third kappa shape index (κ3) is 5.86. The van der Waals surface area contributed by atoms with Gasteiger partial charge in [-0.15, -0.1) is 0 Å². The van der Waals surface area contributed by atoms with E-state index in [0.717, 1.165) is 6.07 Å². The lowest BCUT2D eigenvalue weighted by molar-refractivity contribution is -0.385. The molecule has 0 saturated heterocycles. The zero-order valence-corrected chi connectivity index (χ0v) is 14.0. The molecule has 6 nitrogen and oxygen atoms in total. The summed E-state index contributed by atoms with van der Waals surface area (Å²) in [4.78, 5) is 10.3. The largest absolute Gasteiger partial charge is 0.486 e. The number of halogens is 3. The monoisotopic (exact) mass is 375 g/mol. The number of hydrogen-bond donors (Lipinski definition) is 0. The van der Waals surface area contributed by atoms with Gasteiger partial charge in [-0.2, -0.15) is 0 Å². The van der Waals surface area contributed by atoms with Crippen molar-refractivity contribution in [3.63, 3.8) is 0 Å². The summed E-state index contributed by atoms with van der Waals surface area (Å²) < 4.78 is 27.4. The molecule has 1 unspecified atom stereocenters. The second-order valence-electron chi connectivity index (χ2n) is 4.28. The zero-order chi connectivity index (χ0) is 16.2. The molecule has 0 aliphatic heterocycles. The SMILES string of the molecule is CCC(COc1cc(Cl)c(Cl)cc1[N+](=O)[O-])CS(=O)(=O)Cl. The first-order valence-corrected chi connectivity index (χ1v) is 9.06. The van der Waals surface area contributed by atoms with Crippen LogP contribution in [0.3, 0.4) is 0 Å². The molecule has 0 aromatic heterocycles. The van der Waals surface area contributed by atoms with Crippen molar-refractivity contribution in [1.29, 1.82) is 0 Å². The van der Waals surface area contributed by atoms with Gasteiger partial charge in [-0.05, 0) is 6.42 Å². The number of ether oxygens (including phenoxy) is 1. The van der Waals surface area contributed by atoms with Crippen molar-refractivity contribution < 1.29 is 18.1 Å². The van der Waals surface area contributed by atoms with Crippen LogP contribution < -0.4 is 4.74 Å². The van der Waals surface area contributed by atoms with E-state index < -0.39 is 14.0 Å². The highest BCUT2D eigenvalue weighted by atomic mass is 35.7. The van der Waals surface area contributed by atoms with Gasteiger partial charge in [0.05, 0.1) is 27.3 Å². The van der Waals surface area contributed by atoms with Crippen LogP contribution in [0, 0.1) is 16.0 Å². The summed E-state index contributed by atoms with van der Waals surface area (Å²) in [5, 5.41) is 11.1. The summed E-state index contributed by atoms with van der Waals surface area (Å²) in [6.45, 7) is 1.72. The Kier molecular flexibility index (Phi) is 6.52. The van der Waals surface area contributed by atoms with Gasteiger partial charge in [0.1, 0.15) is 0 Å². The highest BCUT2D eigenvalue weighted by molar-refractivity contribution is 8.13. The van der Waals surface area contributed by atoms with E-state index in [2.05, 4.69) is 0 Å².